The van der Waals surface area contributed by atoms with Crippen LogP contribution in [0.5, 0.6) is 0 Å². The fourth-order valence-electron chi connectivity index (χ4n) is 3.20. The van der Waals surface area contributed by atoms with Gasteiger partial charge in [0.25, 0.3) is 0 Å². The standard InChI is InChI=1S/C17H18BrNO3/c1-10(2)14-13-8-12(18)15(19(13)16(14)20)17(21)22-9-11-6-4-3-5-7-11/h3-7,10,13-14H,8-9H2,1-2H3. The van der Waals surface area contributed by atoms with Crippen molar-refractivity contribution in [2.24, 2.45) is 11.8 Å². The molecule has 0 aromatic heterocycles. The van der Waals surface area contributed by atoms with Gasteiger partial charge in [-0.15, -0.1) is 0 Å². The molecule has 0 saturated carbocycles. The summed E-state index contributed by atoms with van der Waals surface area (Å²) in [4.78, 5) is 26.2. The second-order valence-corrected chi connectivity index (χ2v) is 7.02. The zero-order valence-corrected chi connectivity index (χ0v) is 14.2. The highest BCUT2D eigenvalue weighted by Crippen LogP contribution is 2.47. The summed E-state index contributed by atoms with van der Waals surface area (Å²) >= 11 is 3.44. The molecule has 116 valence electrons. The number of carbonyl (C=O) groups is 2. The van der Waals surface area contributed by atoms with E-state index < -0.39 is 5.97 Å². The third-order valence-electron chi connectivity index (χ3n) is 4.28. The number of β-lactam (4-membered cyclic amide) rings is 1. The third kappa shape index (κ3) is 2.47. The van der Waals surface area contributed by atoms with E-state index in [1.807, 2.05) is 44.2 Å². The predicted octanol–water partition coefficient (Wildman–Crippen LogP) is 3.22. The second kappa shape index (κ2) is 5.88. The van der Waals surface area contributed by atoms with E-state index in [0.717, 1.165) is 10.0 Å². The summed E-state index contributed by atoms with van der Waals surface area (Å²) in [6, 6.07) is 9.61. The van der Waals surface area contributed by atoms with Gasteiger partial charge < -0.3 is 9.64 Å². The maximum Gasteiger partial charge on any atom is 0.356 e. The van der Waals surface area contributed by atoms with Crippen LogP contribution in [-0.2, 0) is 20.9 Å². The predicted molar refractivity (Wildman–Crippen MR) is 85.8 cm³/mol. The smallest absolute Gasteiger partial charge is 0.356 e. The molecule has 2 atom stereocenters. The minimum absolute atomic E-state index is 0.00646. The normalized spacial score (nSPS) is 23.6. The molecule has 4 nitrogen and oxygen atoms in total. The van der Waals surface area contributed by atoms with Crippen LogP contribution >= 0.6 is 15.9 Å². The van der Waals surface area contributed by atoms with Crippen molar-refractivity contribution < 1.29 is 14.3 Å². The van der Waals surface area contributed by atoms with Crippen LogP contribution in [0.1, 0.15) is 25.8 Å². The summed E-state index contributed by atoms with van der Waals surface area (Å²) in [6.45, 7) is 4.29. The average molecular weight is 364 g/mol. The number of esters is 1. The topological polar surface area (TPSA) is 46.6 Å². The van der Waals surface area contributed by atoms with E-state index in [9.17, 15) is 9.59 Å². The van der Waals surface area contributed by atoms with Gasteiger partial charge in [0.15, 0.2) is 0 Å². The molecule has 2 aliphatic heterocycles. The molecule has 2 aliphatic rings. The SMILES string of the molecule is CC(C)C1C(=O)N2C(C(=O)OCc3ccccc3)=C(Br)CC12. The van der Waals surface area contributed by atoms with E-state index in [4.69, 9.17) is 4.74 Å². The van der Waals surface area contributed by atoms with E-state index in [1.54, 1.807) is 4.90 Å². The summed E-state index contributed by atoms with van der Waals surface area (Å²) in [6.07, 6.45) is 0.699. The first-order chi connectivity index (χ1) is 10.5. The van der Waals surface area contributed by atoms with Gasteiger partial charge in [-0.3, -0.25) is 4.79 Å². The molecule has 2 heterocycles. The first kappa shape index (κ1) is 15.3. The maximum atomic E-state index is 12.3. The van der Waals surface area contributed by atoms with Crippen LogP contribution < -0.4 is 0 Å². The Balaban J connectivity index is 1.68. The summed E-state index contributed by atoms with van der Waals surface area (Å²) in [5.74, 6) is -0.115. The van der Waals surface area contributed by atoms with Gasteiger partial charge in [0.05, 0.1) is 12.0 Å². The van der Waals surface area contributed by atoms with Crippen molar-refractivity contribution >= 4 is 27.8 Å². The van der Waals surface area contributed by atoms with Crippen molar-refractivity contribution in [2.45, 2.75) is 32.9 Å². The Kier molecular flexibility index (Phi) is 4.08. The summed E-state index contributed by atoms with van der Waals surface area (Å²) in [5, 5.41) is 0. The van der Waals surface area contributed by atoms with Crippen molar-refractivity contribution in [3.05, 3.63) is 46.1 Å². The zero-order valence-electron chi connectivity index (χ0n) is 12.6. The summed E-state index contributed by atoms with van der Waals surface area (Å²) in [5.41, 5.74) is 1.31. The van der Waals surface area contributed by atoms with Crippen molar-refractivity contribution in [2.75, 3.05) is 0 Å². The maximum absolute atomic E-state index is 12.3. The molecule has 1 aromatic rings. The first-order valence-electron chi connectivity index (χ1n) is 7.43. The lowest BCUT2D eigenvalue weighted by Crippen LogP contribution is -2.60. The Morgan fingerprint density at radius 2 is 2.05 bits per heavy atom. The Bertz CT molecular complexity index is 639. The van der Waals surface area contributed by atoms with Gasteiger partial charge in [-0.2, -0.15) is 0 Å². The monoisotopic (exact) mass is 363 g/mol. The van der Waals surface area contributed by atoms with E-state index in [-0.39, 0.29) is 30.4 Å². The van der Waals surface area contributed by atoms with Crippen molar-refractivity contribution in [3.8, 4) is 0 Å². The van der Waals surface area contributed by atoms with Gasteiger partial charge >= 0.3 is 5.97 Å². The number of nitrogens with zero attached hydrogens (tertiary/aromatic N) is 1. The average Bonchev–Trinajstić information content (AvgIpc) is 2.78. The minimum atomic E-state index is -0.436. The van der Waals surface area contributed by atoms with Crippen LogP contribution in [0.3, 0.4) is 0 Å². The lowest BCUT2D eigenvalue weighted by molar-refractivity contribution is -0.159. The van der Waals surface area contributed by atoms with Gasteiger partial charge in [-0.05, 0) is 11.5 Å². The molecule has 1 amide bonds. The molecule has 1 fully saturated rings. The summed E-state index contributed by atoms with van der Waals surface area (Å²) < 4.78 is 6.13. The van der Waals surface area contributed by atoms with Gasteiger partial charge in [0, 0.05) is 10.9 Å². The zero-order chi connectivity index (χ0) is 15.9. The Morgan fingerprint density at radius 1 is 1.36 bits per heavy atom. The third-order valence-corrected chi connectivity index (χ3v) is 4.98. The highest BCUT2D eigenvalue weighted by Gasteiger charge is 2.55. The molecule has 2 unspecified atom stereocenters. The fraction of sp³-hybridized carbons (Fsp3) is 0.412. The molecular formula is C17H18BrNO3. The molecule has 0 radical (unpaired) electrons. The molecule has 0 aliphatic carbocycles. The van der Waals surface area contributed by atoms with Gasteiger partial charge in [-0.1, -0.05) is 60.1 Å². The number of amides is 1. The number of carbonyl (C=O) groups excluding carboxylic acids is 2. The van der Waals surface area contributed by atoms with Gasteiger partial charge in [0.1, 0.15) is 12.3 Å². The van der Waals surface area contributed by atoms with Gasteiger partial charge in [0.2, 0.25) is 5.91 Å². The largest absolute Gasteiger partial charge is 0.456 e. The van der Waals surface area contributed by atoms with Crippen molar-refractivity contribution in [3.63, 3.8) is 0 Å². The number of ether oxygens (including phenoxy) is 1. The molecular weight excluding hydrogens is 346 g/mol. The van der Waals surface area contributed by atoms with Crippen LogP contribution in [0.4, 0.5) is 0 Å². The number of fused-ring (bicyclic) bond motifs is 1. The van der Waals surface area contributed by atoms with Crippen LogP contribution in [-0.4, -0.2) is 22.8 Å². The first-order valence-corrected chi connectivity index (χ1v) is 8.22. The Labute approximate surface area is 138 Å². The molecule has 3 rings (SSSR count). The van der Waals surface area contributed by atoms with Crippen LogP contribution in [0.2, 0.25) is 0 Å². The number of hydrogen-bond donors (Lipinski definition) is 0. The highest BCUT2D eigenvalue weighted by molar-refractivity contribution is 9.11. The quantitative estimate of drug-likeness (QED) is 0.609. The number of benzene rings is 1. The van der Waals surface area contributed by atoms with Crippen LogP contribution in [0.15, 0.2) is 40.5 Å². The number of hydrogen-bond acceptors (Lipinski definition) is 3. The Hall–Kier alpha value is -1.62. The van der Waals surface area contributed by atoms with Crippen LogP contribution in [0, 0.1) is 11.8 Å². The molecule has 0 N–H and O–H groups in total. The fourth-order valence-corrected chi connectivity index (χ4v) is 3.89. The minimum Gasteiger partial charge on any atom is -0.456 e. The second-order valence-electron chi connectivity index (χ2n) is 6.06. The van der Waals surface area contributed by atoms with Crippen LogP contribution in [0.25, 0.3) is 0 Å². The van der Waals surface area contributed by atoms with E-state index in [2.05, 4.69) is 15.9 Å². The number of halogens is 1. The van der Waals surface area contributed by atoms with E-state index in [0.29, 0.717) is 12.1 Å². The van der Waals surface area contributed by atoms with E-state index >= 15 is 0 Å². The molecule has 1 saturated heterocycles. The molecule has 0 spiro atoms. The van der Waals surface area contributed by atoms with E-state index in [1.165, 1.54) is 0 Å². The lowest BCUT2D eigenvalue weighted by atomic mass is 9.79. The molecule has 0 bridgehead atoms. The molecule has 5 heteroatoms. The van der Waals surface area contributed by atoms with Crippen molar-refractivity contribution in [1.29, 1.82) is 0 Å². The van der Waals surface area contributed by atoms with Gasteiger partial charge in [-0.25, -0.2) is 4.79 Å². The van der Waals surface area contributed by atoms with Crippen molar-refractivity contribution in [1.82, 2.24) is 4.90 Å². The molecule has 22 heavy (non-hydrogen) atoms. The highest BCUT2D eigenvalue weighted by atomic mass is 79.9. The molecule has 1 aromatic carbocycles. The Morgan fingerprint density at radius 3 is 2.68 bits per heavy atom. The number of rotatable bonds is 4. The lowest BCUT2D eigenvalue weighted by Gasteiger charge is -2.45. The summed E-state index contributed by atoms with van der Waals surface area (Å²) in [7, 11) is 0.